The summed E-state index contributed by atoms with van der Waals surface area (Å²) in [7, 11) is 5.08. The number of aryl methyl sites for hydroxylation is 2. The van der Waals surface area contributed by atoms with E-state index in [2.05, 4.69) is 10.6 Å². The van der Waals surface area contributed by atoms with Crippen LogP contribution in [-0.2, 0) is 9.59 Å². The largest absolute Gasteiger partial charge is 0.345 e. The second kappa shape index (κ2) is 9.84. The molecule has 7 heteroatoms. The molecule has 7 nitrogen and oxygen atoms in total. The number of anilines is 2. The van der Waals surface area contributed by atoms with Crippen LogP contribution < -0.4 is 10.6 Å². The maximum Gasteiger partial charge on any atom is 0.253 e. The van der Waals surface area contributed by atoms with Gasteiger partial charge in [-0.25, -0.2) is 0 Å². The van der Waals surface area contributed by atoms with E-state index < -0.39 is 0 Å². The Morgan fingerprint density at radius 2 is 1.31 bits per heavy atom. The molecule has 0 saturated heterocycles. The molecule has 0 fully saturated rings. The molecule has 0 unspecified atom stereocenters. The van der Waals surface area contributed by atoms with Gasteiger partial charge in [0.05, 0.1) is 13.1 Å². The van der Waals surface area contributed by atoms with Gasteiger partial charge in [0.1, 0.15) is 0 Å². The van der Waals surface area contributed by atoms with Crippen molar-refractivity contribution in [3.63, 3.8) is 0 Å². The molecule has 0 aliphatic heterocycles. The Kier molecular flexibility index (Phi) is 7.50. The summed E-state index contributed by atoms with van der Waals surface area (Å²) in [5.74, 6) is -0.513. The number of nitrogens with zero attached hydrogens (tertiary/aromatic N) is 2. The minimum absolute atomic E-state index is 0.0680. The molecule has 0 spiro atoms. The third-order valence-corrected chi connectivity index (χ3v) is 4.39. The molecule has 2 aromatic rings. The zero-order chi connectivity index (χ0) is 21.6. The van der Waals surface area contributed by atoms with E-state index in [1.807, 2.05) is 32.0 Å². The molecule has 0 aliphatic carbocycles. The lowest BCUT2D eigenvalue weighted by molar-refractivity contribution is -0.119. The highest BCUT2D eigenvalue weighted by Crippen LogP contribution is 2.19. The van der Waals surface area contributed by atoms with E-state index in [1.54, 1.807) is 50.3 Å². The van der Waals surface area contributed by atoms with Crippen molar-refractivity contribution in [1.82, 2.24) is 9.80 Å². The lowest BCUT2D eigenvalue weighted by Crippen LogP contribution is -2.36. The Bertz CT molecular complexity index is 871. The van der Waals surface area contributed by atoms with Gasteiger partial charge < -0.3 is 15.5 Å². The summed E-state index contributed by atoms with van der Waals surface area (Å²) in [5, 5.41) is 5.68. The second-order valence-corrected chi connectivity index (χ2v) is 7.31. The molecule has 0 aliphatic rings. The molecule has 29 heavy (non-hydrogen) atoms. The highest BCUT2D eigenvalue weighted by atomic mass is 16.2. The molecule has 2 N–H and O–H groups in total. The Morgan fingerprint density at radius 1 is 0.793 bits per heavy atom. The molecule has 0 heterocycles. The fourth-order valence-electron chi connectivity index (χ4n) is 2.89. The quantitative estimate of drug-likeness (QED) is 0.754. The Labute approximate surface area is 171 Å². The summed E-state index contributed by atoms with van der Waals surface area (Å²) < 4.78 is 0. The van der Waals surface area contributed by atoms with Gasteiger partial charge in [-0.15, -0.1) is 0 Å². The number of nitrogens with one attached hydrogen (secondary N) is 2. The molecule has 154 valence electrons. The molecule has 0 bridgehead atoms. The van der Waals surface area contributed by atoms with Crippen LogP contribution in [0.5, 0.6) is 0 Å². The van der Waals surface area contributed by atoms with E-state index in [-0.39, 0.29) is 30.8 Å². The van der Waals surface area contributed by atoms with Crippen LogP contribution in [0.1, 0.15) is 21.5 Å². The van der Waals surface area contributed by atoms with Gasteiger partial charge in [-0.1, -0.05) is 18.2 Å². The molecule has 0 atom stereocenters. The van der Waals surface area contributed by atoms with E-state index in [9.17, 15) is 14.4 Å². The van der Waals surface area contributed by atoms with Crippen LogP contribution in [0, 0.1) is 13.8 Å². The smallest absolute Gasteiger partial charge is 0.253 e. The number of benzene rings is 2. The molecule has 3 amide bonds. The number of rotatable bonds is 7. The number of hydrogen-bond acceptors (Lipinski definition) is 4. The molecule has 2 aromatic carbocycles. The first kappa shape index (κ1) is 22.1. The average Bonchev–Trinajstić information content (AvgIpc) is 2.64. The van der Waals surface area contributed by atoms with Gasteiger partial charge in [-0.05, 0) is 56.3 Å². The fourth-order valence-corrected chi connectivity index (χ4v) is 2.89. The average molecular weight is 396 g/mol. The van der Waals surface area contributed by atoms with Crippen molar-refractivity contribution in [2.45, 2.75) is 13.8 Å². The van der Waals surface area contributed by atoms with Crippen LogP contribution in [0.25, 0.3) is 0 Å². The van der Waals surface area contributed by atoms with Crippen LogP contribution in [0.3, 0.4) is 0 Å². The van der Waals surface area contributed by atoms with Crippen LogP contribution in [0.15, 0.2) is 42.5 Å². The van der Waals surface area contributed by atoms with Crippen molar-refractivity contribution < 1.29 is 14.4 Å². The first-order valence-corrected chi connectivity index (χ1v) is 9.33. The molecule has 0 radical (unpaired) electrons. The van der Waals surface area contributed by atoms with Crippen molar-refractivity contribution >= 4 is 29.1 Å². The van der Waals surface area contributed by atoms with Gasteiger partial charge in [0, 0.05) is 31.0 Å². The highest BCUT2D eigenvalue weighted by molar-refractivity contribution is 5.97. The van der Waals surface area contributed by atoms with Crippen LogP contribution in [0.4, 0.5) is 11.4 Å². The Morgan fingerprint density at radius 3 is 1.83 bits per heavy atom. The van der Waals surface area contributed by atoms with Crippen molar-refractivity contribution in [3.8, 4) is 0 Å². The Hall–Kier alpha value is -3.19. The van der Waals surface area contributed by atoms with Crippen LogP contribution >= 0.6 is 0 Å². The number of carbonyl (C=O) groups excluding carboxylic acids is 3. The summed E-state index contributed by atoms with van der Waals surface area (Å²) >= 11 is 0. The van der Waals surface area contributed by atoms with E-state index >= 15 is 0 Å². The van der Waals surface area contributed by atoms with Crippen molar-refractivity contribution in [2.75, 3.05) is 44.9 Å². The number of hydrogen-bond donors (Lipinski definition) is 2. The third kappa shape index (κ3) is 6.43. The van der Waals surface area contributed by atoms with E-state index in [0.29, 0.717) is 11.3 Å². The lowest BCUT2D eigenvalue weighted by atomic mass is 10.1. The van der Waals surface area contributed by atoms with Crippen LogP contribution in [-0.4, -0.2) is 61.8 Å². The number of amides is 3. The predicted octanol–water partition coefficient (Wildman–Crippen LogP) is 2.51. The summed E-state index contributed by atoms with van der Waals surface area (Å²) in [6.07, 6.45) is 0. The summed E-state index contributed by atoms with van der Waals surface area (Å²) in [6.45, 7) is 4.05. The summed E-state index contributed by atoms with van der Waals surface area (Å²) in [6, 6.07) is 12.5. The van der Waals surface area contributed by atoms with E-state index in [1.165, 1.54) is 4.90 Å². The van der Waals surface area contributed by atoms with Crippen molar-refractivity contribution in [2.24, 2.45) is 0 Å². The van der Waals surface area contributed by atoms with Crippen LogP contribution in [0.2, 0.25) is 0 Å². The van der Waals surface area contributed by atoms with Gasteiger partial charge in [0.15, 0.2) is 0 Å². The fraction of sp³-hybridized carbons (Fsp3) is 0.318. The number of likely N-dealkylation sites (N-methyl/N-ethyl adjacent to an activating group) is 1. The first-order valence-electron chi connectivity index (χ1n) is 9.33. The Balaban J connectivity index is 1.85. The second-order valence-electron chi connectivity index (χ2n) is 7.31. The SMILES string of the molecule is Cc1cccc(C)c1NC(=O)CN(C)CC(=O)Nc1ccc(C(=O)N(C)C)cc1. The minimum Gasteiger partial charge on any atom is -0.345 e. The maximum atomic E-state index is 12.3. The molecule has 0 aromatic heterocycles. The highest BCUT2D eigenvalue weighted by Gasteiger charge is 2.13. The molecule has 0 saturated carbocycles. The molecule has 2 rings (SSSR count). The standard InChI is InChI=1S/C22H28N4O3/c1-15-7-6-8-16(2)21(15)24-20(28)14-26(5)13-19(27)23-18-11-9-17(10-12-18)22(29)25(3)4/h6-12H,13-14H2,1-5H3,(H,23,27)(H,24,28). The normalized spacial score (nSPS) is 10.6. The first-order chi connectivity index (χ1) is 13.7. The monoisotopic (exact) mass is 396 g/mol. The zero-order valence-corrected chi connectivity index (χ0v) is 17.6. The summed E-state index contributed by atoms with van der Waals surface area (Å²) in [4.78, 5) is 39.6. The van der Waals surface area contributed by atoms with Gasteiger partial charge >= 0.3 is 0 Å². The summed E-state index contributed by atoms with van der Waals surface area (Å²) in [5.41, 5.74) is 3.94. The van der Waals surface area contributed by atoms with Crippen molar-refractivity contribution in [3.05, 3.63) is 59.2 Å². The van der Waals surface area contributed by atoms with Crippen molar-refractivity contribution in [1.29, 1.82) is 0 Å². The predicted molar refractivity (Wildman–Crippen MR) is 115 cm³/mol. The minimum atomic E-state index is -0.237. The topological polar surface area (TPSA) is 81.8 Å². The van der Waals surface area contributed by atoms with Gasteiger partial charge in [0.25, 0.3) is 5.91 Å². The van der Waals surface area contributed by atoms with Gasteiger partial charge in [-0.2, -0.15) is 0 Å². The van der Waals surface area contributed by atoms with Gasteiger partial charge in [-0.3, -0.25) is 19.3 Å². The maximum absolute atomic E-state index is 12.3. The number of carbonyl (C=O) groups is 3. The lowest BCUT2D eigenvalue weighted by Gasteiger charge is -2.17. The number of para-hydroxylation sites is 1. The zero-order valence-electron chi connectivity index (χ0n) is 17.6. The van der Waals surface area contributed by atoms with E-state index in [4.69, 9.17) is 0 Å². The van der Waals surface area contributed by atoms with E-state index in [0.717, 1.165) is 16.8 Å². The molecular weight excluding hydrogens is 368 g/mol. The van der Waals surface area contributed by atoms with Gasteiger partial charge in [0.2, 0.25) is 11.8 Å². The third-order valence-electron chi connectivity index (χ3n) is 4.39. The molecular formula is C22H28N4O3.